The third kappa shape index (κ3) is 2.93. The van der Waals surface area contributed by atoms with Gasteiger partial charge in [0, 0.05) is 19.7 Å². The van der Waals surface area contributed by atoms with Gasteiger partial charge in [-0.1, -0.05) is 0 Å². The van der Waals surface area contributed by atoms with Gasteiger partial charge in [-0.15, -0.1) is 10.2 Å². The van der Waals surface area contributed by atoms with E-state index in [1.165, 1.54) is 4.57 Å². The zero-order valence-electron chi connectivity index (χ0n) is 13.8. The maximum atomic E-state index is 14.1. The fourth-order valence-electron chi connectivity index (χ4n) is 2.53. The van der Waals surface area contributed by atoms with Crippen LogP contribution in [0, 0.1) is 24.4 Å². The molecule has 0 aliphatic carbocycles. The second kappa shape index (κ2) is 6.62. The Hall–Kier alpha value is -3.17. The summed E-state index contributed by atoms with van der Waals surface area (Å²) in [5.74, 6) is -5.02. The summed E-state index contributed by atoms with van der Waals surface area (Å²) in [5, 5.41) is 9.28. The molecule has 0 atom stereocenters. The van der Waals surface area contributed by atoms with Crippen LogP contribution in [0.1, 0.15) is 29.1 Å². The maximum absolute atomic E-state index is 14.1. The van der Waals surface area contributed by atoms with Crippen molar-refractivity contribution in [1.82, 2.24) is 20.1 Å². The molecule has 136 valence electrons. The molecule has 1 aromatic carbocycles. The highest BCUT2D eigenvalue weighted by Gasteiger charge is 2.22. The molecule has 2 heterocycles. The van der Waals surface area contributed by atoms with E-state index in [0.29, 0.717) is 12.0 Å². The summed E-state index contributed by atoms with van der Waals surface area (Å²) in [6.45, 7) is 3.18. The van der Waals surface area contributed by atoms with Crippen LogP contribution in [-0.4, -0.2) is 20.7 Å². The molecule has 3 aromatic rings. The number of benzene rings is 1. The lowest BCUT2D eigenvalue weighted by Crippen LogP contribution is -2.30. The second-order valence-electron chi connectivity index (χ2n) is 5.44. The molecule has 0 bridgehead atoms. The number of hydrogen-bond donors (Lipinski definition) is 1. The van der Waals surface area contributed by atoms with Crippen molar-refractivity contribution in [2.24, 2.45) is 0 Å². The van der Waals surface area contributed by atoms with Crippen LogP contribution in [0.4, 0.5) is 13.2 Å². The van der Waals surface area contributed by atoms with Crippen molar-refractivity contribution in [2.75, 3.05) is 0 Å². The Morgan fingerprint density at radius 3 is 2.62 bits per heavy atom. The van der Waals surface area contributed by atoms with E-state index in [1.807, 2.05) is 0 Å². The average Bonchev–Trinajstić information content (AvgIpc) is 3.04. The smallest absolute Gasteiger partial charge is 0.257 e. The minimum absolute atomic E-state index is 0.127. The van der Waals surface area contributed by atoms with Crippen LogP contribution < -0.4 is 10.7 Å². The summed E-state index contributed by atoms with van der Waals surface area (Å²) in [6, 6.07) is 0.584. The van der Waals surface area contributed by atoms with Gasteiger partial charge in [0.15, 0.2) is 17.5 Å². The summed E-state index contributed by atoms with van der Waals surface area (Å²) in [4.78, 5) is 24.8. The van der Waals surface area contributed by atoms with Gasteiger partial charge in [-0.25, -0.2) is 13.2 Å². The Kier molecular flexibility index (Phi) is 4.49. The van der Waals surface area contributed by atoms with E-state index in [-0.39, 0.29) is 24.5 Å². The molecule has 3 rings (SSSR count). The Morgan fingerprint density at radius 2 is 2.00 bits per heavy atom. The maximum Gasteiger partial charge on any atom is 0.257 e. The van der Waals surface area contributed by atoms with Gasteiger partial charge in [0.1, 0.15) is 5.56 Å². The van der Waals surface area contributed by atoms with Crippen LogP contribution >= 0.6 is 0 Å². The summed E-state index contributed by atoms with van der Waals surface area (Å²) in [6.07, 6.45) is 1.10. The minimum atomic E-state index is -1.68. The lowest BCUT2D eigenvalue weighted by molar-refractivity contribution is 0.0945. The molecule has 0 aliphatic heterocycles. The number of pyridine rings is 1. The lowest BCUT2D eigenvalue weighted by atomic mass is 10.1. The van der Waals surface area contributed by atoms with Crippen molar-refractivity contribution in [3.05, 3.63) is 57.3 Å². The number of fused-ring (bicyclic) bond motifs is 1. The van der Waals surface area contributed by atoms with Gasteiger partial charge in [0.2, 0.25) is 17.2 Å². The van der Waals surface area contributed by atoms with Gasteiger partial charge in [-0.05, 0) is 13.0 Å². The third-order valence-corrected chi connectivity index (χ3v) is 3.75. The molecular formula is C16H13F3N4O3. The van der Waals surface area contributed by atoms with Crippen LogP contribution in [0.5, 0.6) is 0 Å². The van der Waals surface area contributed by atoms with Crippen LogP contribution in [-0.2, 0) is 13.1 Å². The molecular weight excluding hydrogens is 353 g/mol. The molecule has 0 unspecified atom stereocenters. The highest BCUT2D eigenvalue weighted by molar-refractivity contribution is 5.97. The normalized spacial score (nSPS) is 11.1. The van der Waals surface area contributed by atoms with E-state index >= 15 is 0 Å². The molecule has 0 spiro atoms. The van der Waals surface area contributed by atoms with Gasteiger partial charge in [-0.3, -0.25) is 9.59 Å². The first-order valence-electron chi connectivity index (χ1n) is 7.61. The Labute approximate surface area is 144 Å². The Morgan fingerprint density at radius 1 is 1.27 bits per heavy atom. The quantitative estimate of drug-likeness (QED) is 0.714. The molecule has 2 aromatic heterocycles. The van der Waals surface area contributed by atoms with E-state index in [1.54, 1.807) is 13.8 Å². The zero-order valence-corrected chi connectivity index (χ0v) is 13.8. The molecule has 26 heavy (non-hydrogen) atoms. The van der Waals surface area contributed by atoms with Crippen molar-refractivity contribution in [2.45, 2.75) is 26.9 Å². The number of nitrogens with zero attached hydrogens (tertiary/aromatic N) is 3. The van der Waals surface area contributed by atoms with Gasteiger partial charge >= 0.3 is 0 Å². The number of halogens is 3. The monoisotopic (exact) mass is 366 g/mol. The zero-order chi connectivity index (χ0) is 19.0. The van der Waals surface area contributed by atoms with Crippen LogP contribution in [0.3, 0.4) is 0 Å². The van der Waals surface area contributed by atoms with E-state index < -0.39 is 39.7 Å². The van der Waals surface area contributed by atoms with E-state index in [0.717, 1.165) is 6.20 Å². The number of hydrogen-bond acceptors (Lipinski definition) is 5. The number of carbonyl (C=O) groups excluding carboxylic acids is 1. The molecule has 1 N–H and O–H groups in total. The largest absolute Gasteiger partial charge is 0.424 e. The molecule has 0 saturated heterocycles. The van der Waals surface area contributed by atoms with Gasteiger partial charge < -0.3 is 14.3 Å². The summed E-state index contributed by atoms with van der Waals surface area (Å²) in [5.41, 5.74) is -1.66. The molecule has 0 saturated carbocycles. The number of aromatic nitrogens is 3. The third-order valence-electron chi connectivity index (χ3n) is 3.75. The fraction of sp³-hybridized carbons (Fsp3) is 0.250. The van der Waals surface area contributed by atoms with Crippen molar-refractivity contribution in [3.63, 3.8) is 0 Å². The second-order valence-corrected chi connectivity index (χ2v) is 5.44. The van der Waals surface area contributed by atoms with Gasteiger partial charge in [0.05, 0.1) is 17.4 Å². The topological polar surface area (TPSA) is 90.0 Å². The summed E-state index contributed by atoms with van der Waals surface area (Å²) in [7, 11) is 0. The number of aryl methyl sites for hydroxylation is 2. The summed E-state index contributed by atoms with van der Waals surface area (Å²) >= 11 is 0. The Bertz CT molecular complexity index is 1070. The number of nitrogens with one attached hydrogen (secondary N) is 1. The molecule has 7 nitrogen and oxygen atoms in total. The highest BCUT2D eigenvalue weighted by atomic mass is 19.2. The molecule has 0 radical (unpaired) electrons. The van der Waals surface area contributed by atoms with E-state index in [4.69, 9.17) is 4.42 Å². The lowest BCUT2D eigenvalue weighted by Gasteiger charge is -2.13. The predicted octanol–water partition coefficient (Wildman–Crippen LogP) is 2.06. The van der Waals surface area contributed by atoms with Gasteiger partial charge in [-0.2, -0.15) is 0 Å². The van der Waals surface area contributed by atoms with Crippen LogP contribution in [0.25, 0.3) is 10.9 Å². The fourth-order valence-corrected chi connectivity index (χ4v) is 2.53. The van der Waals surface area contributed by atoms with Crippen molar-refractivity contribution in [3.8, 4) is 0 Å². The molecule has 0 aliphatic rings. The standard InChI is InChI=1S/C16H13F3N4O3/c1-3-23-6-9(16(25)20-5-11-22-21-7(2)26-11)15(24)8-4-10(17)12(18)13(19)14(8)23/h4,6H,3,5H2,1-2H3,(H,20,25). The predicted molar refractivity (Wildman–Crippen MR) is 84.0 cm³/mol. The SMILES string of the molecule is CCn1cc(C(=O)NCc2nnc(C)o2)c(=O)c2cc(F)c(F)c(F)c21. The highest BCUT2D eigenvalue weighted by Crippen LogP contribution is 2.21. The average molecular weight is 366 g/mol. The number of amides is 1. The molecule has 1 amide bonds. The first-order chi connectivity index (χ1) is 12.3. The van der Waals surface area contributed by atoms with Gasteiger partial charge in [0.25, 0.3) is 5.91 Å². The van der Waals surface area contributed by atoms with Crippen molar-refractivity contribution in [1.29, 1.82) is 0 Å². The van der Waals surface area contributed by atoms with Crippen molar-refractivity contribution >= 4 is 16.8 Å². The molecule has 10 heteroatoms. The number of carbonyl (C=O) groups is 1. The van der Waals surface area contributed by atoms with Crippen LogP contribution in [0.2, 0.25) is 0 Å². The van der Waals surface area contributed by atoms with Crippen molar-refractivity contribution < 1.29 is 22.4 Å². The molecule has 0 fully saturated rings. The Balaban J connectivity index is 2.06. The minimum Gasteiger partial charge on any atom is -0.424 e. The van der Waals surface area contributed by atoms with Crippen LogP contribution in [0.15, 0.2) is 21.5 Å². The van der Waals surface area contributed by atoms with E-state index in [9.17, 15) is 22.8 Å². The van der Waals surface area contributed by atoms with E-state index in [2.05, 4.69) is 15.5 Å². The first kappa shape index (κ1) is 17.6. The summed E-state index contributed by atoms with van der Waals surface area (Å²) < 4.78 is 47.4. The number of rotatable bonds is 4. The first-order valence-corrected chi connectivity index (χ1v) is 7.61.